The van der Waals surface area contributed by atoms with E-state index in [0.717, 1.165) is 19.4 Å². The first kappa shape index (κ1) is 21.5. The van der Waals surface area contributed by atoms with Gasteiger partial charge in [0.2, 0.25) is 0 Å². The van der Waals surface area contributed by atoms with E-state index in [1.54, 1.807) is 42.5 Å². The van der Waals surface area contributed by atoms with Crippen molar-refractivity contribution in [2.24, 2.45) is 0 Å². The molecule has 0 saturated carbocycles. The molecule has 0 aromatic heterocycles. The largest absolute Gasteiger partial charge is 0.350 e. The van der Waals surface area contributed by atoms with Crippen LogP contribution in [0.15, 0.2) is 42.5 Å². The first-order valence-corrected chi connectivity index (χ1v) is 9.16. The Hall–Kier alpha value is -1.79. The lowest BCUT2D eigenvalue weighted by Gasteiger charge is -2.12. The minimum absolute atomic E-state index is 0. The number of hydrogen-bond donors (Lipinski definition) is 3. The average molecular weight is 429 g/mol. The molecule has 0 aliphatic carbocycles. The Morgan fingerprint density at radius 1 is 1.00 bits per heavy atom. The van der Waals surface area contributed by atoms with Gasteiger partial charge in [-0.15, -0.1) is 12.4 Å². The molecule has 1 aliphatic rings. The summed E-state index contributed by atoms with van der Waals surface area (Å²) in [4.78, 5) is 24.4. The number of benzene rings is 2. The van der Waals surface area contributed by atoms with Crippen LogP contribution in [0.1, 0.15) is 33.6 Å². The normalized spacial score (nSPS) is 15.7. The molecule has 2 aromatic rings. The molecule has 1 atom stereocenters. The predicted octanol–water partition coefficient (Wildman–Crippen LogP) is 4.15. The third-order valence-electron chi connectivity index (χ3n) is 4.20. The molecule has 0 radical (unpaired) electrons. The summed E-state index contributed by atoms with van der Waals surface area (Å²) in [5.41, 5.74) is 1.50. The Morgan fingerprint density at radius 2 is 1.67 bits per heavy atom. The molecule has 1 aliphatic heterocycles. The van der Waals surface area contributed by atoms with Gasteiger partial charge in [0.25, 0.3) is 11.8 Å². The molecule has 1 unspecified atom stereocenters. The molecule has 3 N–H and O–H groups in total. The van der Waals surface area contributed by atoms with Gasteiger partial charge in [0.05, 0.1) is 0 Å². The molecule has 1 saturated heterocycles. The van der Waals surface area contributed by atoms with E-state index >= 15 is 0 Å². The summed E-state index contributed by atoms with van der Waals surface area (Å²) in [5.74, 6) is -0.447. The number of hydrogen-bond acceptors (Lipinski definition) is 3. The molecule has 0 spiro atoms. The molecule has 2 amide bonds. The van der Waals surface area contributed by atoms with Gasteiger partial charge in [-0.3, -0.25) is 9.59 Å². The number of carbonyl (C=O) groups excluding carboxylic acids is 2. The number of halogens is 3. The fourth-order valence-electron chi connectivity index (χ4n) is 2.84. The SMILES string of the molecule is Cl.O=C(NCC1CCCN1)c1ccc(NC(=O)c2cc(Cl)cc(Cl)c2)cc1. The zero-order chi connectivity index (χ0) is 18.5. The Balaban J connectivity index is 0.00000261. The highest BCUT2D eigenvalue weighted by Crippen LogP contribution is 2.20. The minimum atomic E-state index is -0.320. The summed E-state index contributed by atoms with van der Waals surface area (Å²) in [6.07, 6.45) is 2.23. The molecule has 1 fully saturated rings. The highest BCUT2D eigenvalue weighted by Gasteiger charge is 2.15. The first-order valence-electron chi connectivity index (χ1n) is 8.40. The summed E-state index contributed by atoms with van der Waals surface area (Å²) in [6.45, 7) is 1.62. The third-order valence-corrected chi connectivity index (χ3v) is 4.64. The summed E-state index contributed by atoms with van der Waals surface area (Å²) in [5, 5.41) is 9.81. The Bertz CT molecular complexity index is 786. The Morgan fingerprint density at radius 3 is 2.26 bits per heavy atom. The number of nitrogens with one attached hydrogen (secondary N) is 3. The van der Waals surface area contributed by atoms with Crippen molar-refractivity contribution in [1.29, 1.82) is 0 Å². The van der Waals surface area contributed by atoms with E-state index in [1.165, 1.54) is 0 Å². The maximum atomic E-state index is 12.3. The van der Waals surface area contributed by atoms with E-state index in [0.29, 0.717) is 39.4 Å². The maximum absolute atomic E-state index is 12.3. The third kappa shape index (κ3) is 6.11. The van der Waals surface area contributed by atoms with Gasteiger partial charge in [-0.25, -0.2) is 0 Å². The van der Waals surface area contributed by atoms with Crippen LogP contribution in [0.25, 0.3) is 0 Å². The van der Waals surface area contributed by atoms with E-state index in [4.69, 9.17) is 23.2 Å². The van der Waals surface area contributed by atoms with Gasteiger partial charge in [0, 0.05) is 39.4 Å². The lowest BCUT2D eigenvalue weighted by Crippen LogP contribution is -2.37. The number of carbonyl (C=O) groups is 2. The molecule has 144 valence electrons. The van der Waals surface area contributed by atoms with Crippen LogP contribution in [-0.2, 0) is 0 Å². The smallest absolute Gasteiger partial charge is 0.255 e. The van der Waals surface area contributed by atoms with Crippen molar-refractivity contribution in [1.82, 2.24) is 10.6 Å². The summed E-state index contributed by atoms with van der Waals surface area (Å²) in [7, 11) is 0. The summed E-state index contributed by atoms with van der Waals surface area (Å²) >= 11 is 11.8. The highest BCUT2D eigenvalue weighted by atomic mass is 35.5. The van der Waals surface area contributed by atoms with E-state index < -0.39 is 0 Å². The van der Waals surface area contributed by atoms with Crippen LogP contribution in [0, 0.1) is 0 Å². The standard InChI is InChI=1S/C19H19Cl2N3O2.ClH/c20-14-8-13(9-15(21)10-14)19(26)24-16-5-3-12(4-6-16)18(25)23-11-17-2-1-7-22-17;/h3-6,8-10,17,22H,1-2,7,11H2,(H,23,25)(H,24,26);1H. The molecule has 8 heteroatoms. The zero-order valence-corrected chi connectivity index (χ0v) is 16.8. The zero-order valence-electron chi connectivity index (χ0n) is 14.4. The van der Waals surface area contributed by atoms with Gasteiger partial charge in [-0.1, -0.05) is 23.2 Å². The van der Waals surface area contributed by atoms with Crippen LogP contribution in [-0.4, -0.2) is 30.9 Å². The Labute approximate surface area is 174 Å². The Kier molecular flexibility index (Phi) is 7.92. The van der Waals surface area contributed by atoms with Crippen molar-refractivity contribution in [2.45, 2.75) is 18.9 Å². The van der Waals surface area contributed by atoms with Crippen LogP contribution in [0.3, 0.4) is 0 Å². The average Bonchev–Trinajstić information content (AvgIpc) is 3.13. The molecular weight excluding hydrogens is 409 g/mol. The fourth-order valence-corrected chi connectivity index (χ4v) is 3.37. The maximum Gasteiger partial charge on any atom is 0.255 e. The van der Waals surface area contributed by atoms with Gasteiger partial charge >= 0.3 is 0 Å². The highest BCUT2D eigenvalue weighted by molar-refractivity contribution is 6.35. The van der Waals surface area contributed by atoms with Crippen molar-refractivity contribution in [2.75, 3.05) is 18.4 Å². The van der Waals surface area contributed by atoms with Crippen LogP contribution < -0.4 is 16.0 Å². The minimum Gasteiger partial charge on any atom is -0.350 e. The molecular formula is C19H20Cl3N3O2. The molecule has 2 aromatic carbocycles. The van der Waals surface area contributed by atoms with Crippen molar-refractivity contribution in [3.8, 4) is 0 Å². The van der Waals surface area contributed by atoms with Crippen molar-refractivity contribution >= 4 is 53.1 Å². The van der Waals surface area contributed by atoms with Crippen LogP contribution in [0.4, 0.5) is 5.69 Å². The van der Waals surface area contributed by atoms with Gasteiger partial charge in [-0.05, 0) is 61.9 Å². The van der Waals surface area contributed by atoms with Gasteiger partial charge in [0.15, 0.2) is 0 Å². The van der Waals surface area contributed by atoms with Crippen molar-refractivity contribution in [3.63, 3.8) is 0 Å². The first-order chi connectivity index (χ1) is 12.5. The van der Waals surface area contributed by atoms with E-state index in [2.05, 4.69) is 16.0 Å². The summed E-state index contributed by atoms with van der Waals surface area (Å²) < 4.78 is 0. The second-order valence-electron chi connectivity index (χ2n) is 6.19. The predicted molar refractivity (Wildman–Crippen MR) is 111 cm³/mol. The van der Waals surface area contributed by atoms with Gasteiger partial charge in [0.1, 0.15) is 0 Å². The van der Waals surface area contributed by atoms with Crippen molar-refractivity contribution < 1.29 is 9.59 Å². The number of anilines is 1. The van der Waals surface area contributed by atoms with Crippen molar-refractivity contribution in [3.05, 3.63) is 63.6 Å². The second kappa shape index (κ2) is 9.95. The topological polar surface area (TPSA) is 70.2 Å². The van der Waals surface area contributed by atoms with E-state index in [9.17, 15) is 9.59 Å². The number of amides is 2. The van der Waals surface area contributed by atoms with Crippen LogP contribution in [0.5, 0.6) is 0 Å². The fraction of sp³-hybridized carbons (Fsp3) is 0.263. The summed E-state index contributed by atoms with van der Waals surface area (Å²) in [6, 6.07) is 11.7. The lowest BCUT2D eigenvalue weighted by atomic mass is 10.1. The van der Waals surface area contributed by atoms with E-state index in [-0.39, 0.29) is 24.2 Å². The molecule has 3 rings (SSSR count). The van der Waals surface area contributed by atoms with Gasteiger partial charge < -0.3 is 16.0 Å². The van der Waals surface area contributed by atoms with E-state index in [1.807, 2.05) is 0 Å². The van der Waals surface area contributed by atoms with Crippen LogP contribution in [0.2, 0.25) is 10.0 Å². The lowest BCUT2D eigenvalue weighted by molar-refractivity contribution is 0.0949. The molecule has 1 heterocycles. The van der Waals surface area contributed by atoms with Crippen LogP contribution >= 0.6 is 35.6 Å². The van der Waals surface area contributed by atoms with Gasteiger partial charge in [-0.2, -0.15) is 0 Å². The monoisotopic (exact) mass is 427 g/mol. The molecule has 5 nitrogen and oxygen atoms in total. The molecule has 0 bridgehead atoms. The molecule has 27 heavy (non-hydrogen) atoms. The quantitative estimate of drug-likeness (QED) is 0.670. The number of rotatable bonds is 5. The second-order valence-corrected chi connectivity index (χ2v) is 7.07.